The first-order valence-corrected chi connectivity index (χ1v) is 9.56. The van der Waals surface area contributed by atoms with E-state index in [1.165, 1.54) is 11.1 Å². The number of nitrogens with one attached hydrogen (secondary N) is 2. The molecule has 2 amide bonds. The zero-order chi connectivity index (χ0) is 18.2. The molecule has 0 saturated heterocycles. The van der Waals surface area contributed by atoms with Crippen molar-refractivity contribution in [1.82, 2.24) is 10.6 Å². The average molecular weight is 352 g/mol. The molecule has 1 fully saturated rings. The molecule has 2 unspecified atom stereocenters. The van der Waals surface area contributed by atoms with Gasteiger partial charge in [-0.25, -0.2) is 4.79 Å². The Morgan fingerprint density at radius 2 is 1.54 bits per heavy atom. The fourth-order valence-electron chi connectivity index (χ4n) is 3.73. The lowest BCUT2D eigenvalue weighted by atomic mass is 9.88. The Morgan fingerprint density at radius 3 is 2.12 bits per heavy atom. The van der Waals surface area contributed by atoms with Crippen LogP contribution in [0.5, 0.6) is 0 Å². The summed E-state index contributed by atoms with van der Waals surface area (Å²) in [4.78, 5) is 12.2. The van der Waals surface area contributed by atoms with Gasteiger partial charge < -0.3 is 15.7 Å². The molecule has 2 atom stereocenters. The molecule has 138 valence electrons. The van der Waals surface area contributed by atoms with Gasteiger partial charge in [-0.3, -0.25) is 0 Å². The molecule has 0 aromatic heterocycles. The van der Waals surface area contributed by atoms with E-state index >= 15 is 0 Å². The topological polar surface area (TPSA) is 61.4 Å². The summed E-state index contributed by atoms with van der Waals surface area (Å²) in [6.45, 7) is 0.586. The van der Waals surface area contributed by atoms with E-state index in [0.29, 0.717) is 6.54 Å². The Balaban J connectivity index is 1.55. The summed E-state index contributed by atoms with van der Waals surface area (Å²) in [5.41, 5.74) is 2.51. The van der Waals surface area contributed by atoms with Crippen molar-refractivity contribution >= 4 is 6.03 Å². The molecule has 2 aromatic rings. The van der Waals surface area contributed by atoms with Crippen LogP contribution in [-0.4, -0.2) is 29.8 Å². The number of urea groups is 1. The van der Waals surface area contributed by atoms with Crippen LogP contribution < -0.4 is 10.6 Å². The second-order valence-electron chi connectivity index (χ2n) is 7.02. The second kappa shape index (κ2) is 9.39. The van der Waals surface area contributed by atoms with E-state index in [4.69, 9.17) is 0 Å². The number of carbonyl (C=O) groups is 1. The number of carbonyl (C=O) groups excluding carboxylic acids is 1. The van der Waals surface area contributed by atoms with Gasteiger partial charge in [0.15, 0.2) is 0 Å². The van der Waals surface area contributed by atoms with Gasteiger partial charge in [-0.15, -0.1) is 0 Å². The van der Waals surface area contributed by atoms with Gasteiger partial charge in [0, 0.05) is 12.5 Å². The first-order chi connectivity index (χ1) is 12.7. The lowest BCUT2D eigenvalue weighted by Gasteiger charge is -2.28. The Morgan fingerprint density at radius 1 is 0.962 bits per heavy atom. The first kappa shape index (κ1) is 18.5. The minimum Gasteiger partial charge on any atom is -0.391 e. The van der Waals surface area contributed by atoms with Crippen LogP contribution in [-0.2, 0) is 0 Å². The Hall–Kier alpha value is -2.33. The molecule has 4 nitrogen and oxygen atoms in total. The van der Waals surface area contributed by atoms with Gasteiger partial charge in [0.2, 0.25) is 0 Å². The minimum atomic E-state index is -0.420. The van der Waals surface area contributed by atoms with E-state index in [0.717, 1.165) is 32.1 Å². The zero-order valence-corrected chi connectivity index (χ0v) is 15.1. The third kappa shape index (κ3) is 5.09. The molecular formula is C22H28N2O2. The quantitative estimate of drug-likeness (QED) is 0.740. The molecule has 1 saturated carbocycles. The second-order valence-corrected chi connectivity index (χ2v) is 7.02. The molecule has 3 N–H and O–H groups in total. The van der Waals surface area contributed by atoms with Gasteiger partial charge in [0.1, 0.15) is 0 Å². The molecule has 3 rings (SSSR count). The van der Waals surface area contributed by atoms with Crippen molar-refractivity contribution in [3.63, 3.8) is 0 Å². The summed E-state index contributed by atoms with van der Waals surface area (Å²) >= 11 is 0. The Labute approximate surface area is 155 Å². The predicted molar refractivity (Wildman–Crippen MR) is 104 cm³/mol. The lowest BCUT2D eigenvalue weighted by Crippen LogP contribution is -2.49. The highest BCUT2D eigenvalue weighted by Crippen LogP contribution is 2.27. The van der Waals surface area contributed by atoms with Crippen molar-refractivity contribution in [3.05, 3.63) is 71.8 Å². The standard InChI is InChI=1S/C22H28N2O2/c25-21-14-8-7-13-20(21)24-22(26)23-16-15-19(17-9-3-1-4-10-17)18-11-5-2-6-12-18/h1-6,9-12,19-21,25H,7-8,13-16H2,(H2,23,24,26). The van der Waals surface area contributed by atoms with E-state index < -0.39 is 6.10 Å². The van der Waals surface area contributed by atoms with Crippen LogP contribution in [0.25, 0.3) is 0 Å². The molecule has 26 heavy (non-hydrogen) atoms. The number of amides is 2. The van der Waals surface area contributed by atoms with Gasteiger partial charge in [-0.1, -0.05) is 73.5 Å². The number of hydrogen-bond acceptors (Lipinski definition) is 2. The molecular weight excluding hydrogens is 324 g/mol. The monoisotopic (exact) mass is 352 g/mol. The Bertz CT molecular complexity index is 636. The molecule has 2 aromatic carbocycles. The van der Waals surface area contributed by atoms with Crippen LogP contribution in [0.2, 0.25) is 0 Å². The zero-order valence-electron chi connectivity index (χ0n) is 15.1. The normalized spacial score (nSPS) is 19.9. The maximum absolute atomic E-state index is 12.2. The molecule has 0 heterocycles. The summed E-state index contributed by atoms with van der Waals surface area (Å²) in [6.07, 6.45) is 4.13. The SMILES string of the molecule is O=C(NCCC(c1ccccc1)c1ccccc1)NC1CCCCC1O. The number of hydrogen-bond donors (Lipinski definition) is 3. The minimum absolute atomic E-state index is 0.122. The van der Waals surface area contributed by atoms with E-state index in [1.54, 1.807) is 0 Å². The fraction of sp³-hybridized carbons (Fsp3) is 0.409. The molecule has 0 aliphatic heterocycles. The maximum Gasteiger partial charge on any atom is 0.315 e. The van der Waals surface area contributed by atoms with Crippen LogP contribution in [0.15, 0.2) is 60.7 Å². The van der Waals surface area contributed by atoms with Crippen LogP contribution in [0.3, 0.4) is 0 Å². The van der Waals surface area contributed by atoms with Gasteiger partial charge in [-0.05, 0) is 30.4 Å². The van der Waals surface area contributed by atoms with Crippen molar-refractivity contribution in [2.24, 2.45) is 0 Å². The summed E-state index contributed by atoms with van der Waals surface area (Å²) in [6, 6.07) is 20.5. The van der Waals surface area contributed by atoms with Crippen molar-refractivity contribution in [2.75, 3.05) is 6.54 Å². The summed E-state index contributed by atoms with van der Waals surface area (Å²) in [5.74, 6) is 0.248. The summed E-state index contributed by atoms with van der Waals surface area (Å²) < 4.78 is 0. The van der Waals surface area contributed by atoms with Crippen molar-refractivity contribution in [1.29, 1.82) is 0 Å². The van der Waals surface area contributed by atoms with Crippen molar-refractivity contribution < 1.29 is 9.90 Å². The third-order valence-corrected chi connectivity index (χ3v) is 5.17. The lowest BCUT2D eigenvalue weighted by molar-refractivity contribution is 0.0943. The number of aliphatic hydroxyl groups is 1. The highest BCUT2D eigenvalue weighted by molar-refractivity contribution is 5.74. The smallest absolute Gasteiger partial charge is 0.315 e. The van der Waals surface area contributed by atoms with Gasteiger partial charge >= 0.3 is 6.03 Å². The van der Waals surface area contributed by atoms with Gasteiger partial charge in [0.25, 0.3) is 0 Å². The molecule has 0 spiro atoms. The molecule has 1 aliphatic rings. The molecule has 0 bridgehead atoms. The summed E-state index contributed by atoms with van der Waals surface area (Å²) in [5, 5.41) is 15.9. The maximum atomic E-state index is 12.2. The van der Waals surface area contributed by atoms with Crippen LogP contribution in [0, 0.1) is 0 Å². The Kier molecular flexibility index (Phi) is 6.67. The third-order valence-electron chi connectivity index (χ3n) is 5.17. The van der Waals surface area contributed by atoms with Crippen LogP contribution in [0.4, 0.5) is 4.79 Å². The molecule has 4 heteroatoms. The van der Waals surface area contributed by atoms with E-state index in [-0.39, 0.29) is 18.0 Å². The van der Waals surface area contributed by atoms with E-state index in [9.17, 15) is 9.90 Å². The van der Waals surface area contributed by atoms with Crippen LogP contribution in [0.1, 0.15) is 49.1 Å². The molecule has 1 aliphatic carbocycles. The fourth-order valence-corrected chi connectivity index (χ4v) is 3.73. The van der Waals surface area contributed by atoms with E-state index in [1.807, 2.05) is 12.1 Å². The highest BCUT2D eigenvalue weighted by Gasteiger charge is 2.24. The number of benzene rings is 2. The largest absolute Gasteiger partial charge is 0.391 e. The van der Waals surface area contributed by atoms with Crippen LogP contribution >= 0.6 is 0 Å². The number of aliphatic hydroxyl groups excluding tert-OH is 1. The van der Waals surface area contributed by atoms with Crippen molar-refractivity contribution in [2.45, 2.75) is 50.2 Å². The van der Waals surface area contributed by atoms with Gasteiger partial charge in [0.05, 0.1) is 12.1 Å². The van der Waals surface area contributed by atoms with Crippen molar-refractivity contribution in [3.8, 4) is 0 Å². The van der Waals surface area contributed by atoms with Gasteiger partial charge in [-0.2, -0.15) is 0 Å². The molecule has 0 radical (unpaired) electrons. The first-order valence-electron chi connectivity index (χ1n) is 9.56. The highest BCUT2D eigenvalue weighted by atomic mass is 16.3. The average Bonchev–Trinajstić information content (AvgIpc) is 2.68. The van der Waals surface area contributed by atoms with E-state index in [2.05, 4.69) is 59.2 Å². The summed E-state index contributed by atoms with van der Waals surface area (Å²) in [7, 11) is 0. The number of rotatable bonds is 6. The predicted octanol–water partition coefficient (Wildman–Crippen LogP) is 3.81.